The summed E-state index contributed by atoms with van der Waals surface area (Å²) in [6, 6.07) is 29.3. The van der Waals surface area contributed by atoms with Crippen molar-refractivity contribution < 1.29 is 29.1 Å². The maximum Gasteiger partial charge on any atom is 0.262 e. The number of fused-ring (bicyclic) bond motifs is 2. The van der Waals surface area contributed by atoms with Crippen molar-refractivity contribution in [3.05, 3.63) is 130 Å². The Hall–Kier alpha value is -6.07. The molecule has 58 heavy (non-hydrogen) atoms. The minimum absolute atomic E-state index is 0.0771. The highest BCUT2D eigenvalue weighted by molar-refractivity contribution is 6.23. The molecule has 5 aliphatic rings. The van der Waals surface area contributed by atoms with Gasteiger partial charge in [0.15, 0.2) is 0 Å². The smallest absolute Gasteiger partial charge is 0.262 e. The molecule has 0 aliphatic carbocycles. The van der Waals surface area contributed by atoms with Crippen LogP contribution in [0.15, 0.2) is 91.0 Å². The van der Waals surface area contributed by atoms with Crippen molar-refractivity contribution in [1.82, 2.24) is 20.0 Å². The summed E-state index contributed by atoms with van der Waals surface area (Å²) in [6.07, 6.45) is 3.76. The number of hydrogen-bond acceptors (Lipinski definition) is 8. The van der Waals surface area contributed by atoms with Gasteiger partial charge < -0.3 is 14.9 Å². The van der Waals surface area contributed by atoms with Crippen molar-refractivity contribution in [2.45, 2.75) is 58.0 Å². The summed E-state index contributed by atoms with van der Waals surface area (Å²) in [4.78, 5) is 71.9. The molecule has 2 N–H and O–H groups in total. The van der Waals surface area contributed by atoms with Crippen LogP contribution in [0.25, 0.3) is 11.1 Å². The van der Waals surface area contributed by atoms with Gasteiger partial charge in [0.25, 0.3) is 11.8 Å². The Labute approximate surface area is 337 Å². The molecule has 0 bridgehead atoms. The molecule has 11 heteroatoms. The molecule has 1 atom stereocenters. The highest BCUT2D eigenvalue weighted by atomic mass is 16.3. The number of imide groups is 2. The van der Waals surface area contributed by atoms with Gasteiger partial charge in [0.1, 0.15) is 11.8 Å². The van der Waals surface area contributed by atoms with E-state index in [9.17, 15) is 29.1 Å². The fraction of sp³-hybridized carbons (Fsp3) is 0.340. The third-order valence-corrected chi connectivity index (χ3v) is 12.9. The average molecular weight is 778 g/mol. The van der Waals surface area contributed by atoms with Crippen molar-refractivity contribution in [3.63, 3.8) is 0 Å². The molecule has 5 amide bonds. The number of rotatable bonds is 8. The van der Waals surface area contributed by atoms with E-state index in [1.54, 1.807) is 24.3 Å². The number of phenols is 1. The van der Waals surface area contributed by atoms with E-state index in [1.807, 2.05) is 23.1 Å². The molecule has 5 aliphatic heterocycles. The largest absolute Gasteiger partial charge is 0.508 e. The van der Waals surface area contributed by atoms with Crippen molar-refractivity contribution >= 4 is 46.4 Å². The van der Waals surface area contributed by atoms with E-state index >= 15 is 0 Å². The quantitative estimate of drug-likeness (QED) is 0.174. The number of nitrogens with one attached hydrogen (secondary N) is 1. The van der Waals surface area contributed by atoms with Gasteiger partial charge >= 0.3 is 0 Å². The first-order chi connectivity index (χ1) is 28.1. The van der Waals surface area contributed by atoms with Crippen LogP contribution in [-0.4, -0.2) is 94.7 Å². The lowest BCUT2D eigenvalue weighted by molar-refractivity contribution is -0.146. The van der Waals surface area contributed by atoms with Crippen LogP contribution in [0.3, 0.4) is 0 Å². The third kappa shape index (κ3) is 6.87. The van der Waals surface area contributed by atoms with Crippen LogP contribution < -0.4 is 10.2 Å². The van der Waals surface area contributed by atoms with E-state index in [2.05, 4.69) is 70.6 Å². The van der Waals surface area contributed by atoms with Gasteiger partial charge in [-0.15, -0.1) is 0 Å². The Morgan fingerprint density at radius 1 is 0.776 bits per heavy atom. The second-order valence-corrected chi connectivity index (χ2v) is 16.5. The summed E-state index contributed by atoms with van der Waals surface area (Å²) in [7, 11) is 0. The standard InChI is InChI=1S/C47H47N5O6/c1-2-37(30-6-4-3-5-7-30)43(32-10-14-36(53)15-11-32)31-8-12-35(13-9-31)50-22-19-47(20-23-50)28-51(29-47)42(55)27-49-21-18-33-24-38-39(25-34(33)26-49)46(58)52(45(38)57)40-16-17-41(54)48-44(40)56/h3-15,24-25,40,53H,2,16-23,26-29H2,1H3,(H,48,54,56). The molecule has 0 radical (unpaired) electrons. The first-order valence-corrected chi connectivity index (χ1v) is 20.4. The molecule has 11 nitrogen and oxygen atoms in total. The topological polar surface area (TPSA) is 131 Å². The lowest BCUT2D eigenvalue weighted by Gasteiger charge is -2.54. The molecule has 1 spiro atoms. The van der Waals surface area contributed by atoms with Crippen LogP contribution in [-0.2, 0) is 27.3 Å². The number of benzene rings is 4. The number of likely N-dealkylation sites (tertiary alicyclic amines) is 1. The second-order valence-electron chi connectivity index (χ2n) is 16.5. The number of carbonyl (C=O) groups excluding carboxylic acids is 5. The maximum absolute atomic E-state index is 13.5. The number of piperidine rings is 2. The molecule has 0 saturated carbocycles. The maximum atomic E-state index is 13.5. The number of nitrogens with zero attached hydrogens (tertiary/aromatic N) is 4. The molecule has 0 aromatic heterocycles. The van der Waals surface area contributed by atoms with Gasteiger partial charge in [-0.05, 0) is 107 Å². The number of allylic oxidation sites excluding steroid dienone is 1. The fourth-order valence-electron chi connectivity index (χ4n) is 9.65. The minimum Gasteiger partial charge on any atom is -0.508 e. The van der Waals surface area contributed by atoms with Crippen LogP contribution in [0.1, 0.15) is 87.6 Å². The van der Waals surface area contributed by atoms with Crippen molar-refractivity contribution in [2.75, 3.05) is 44.2 Å². The normalized spacial score (nSPS) is 20.7. The van der Waals surface area contributed by atoms with Crippen molar-refractivity contribution in [3.8, 4) is 5.75 Å². The van der Waals surface area contributed by atoms with Gasteiger partial charge in [-0.1, -0.05) is 61.5 Å². The number of amides is 5. The van der Waals surface area contributed by atoms with Crippen LogP contribution in [0.2, 0.25) is 0 Å². The van der Waals surface area contributed by atoms with Gasteiger partial charge in [0.2, 0.25) is 17.7 Å². The summed E-state index contributed by atoms with van der Waals surface area (Å²) in [6.45, 7) is 7.05. The Morgan fingerprint density at radius 2 is 1.41 bits per heavy atom. The highest BCUT2D eigenvalue weighted by Gasteiger charge is 2.48. The molecule has 4 aromatic rings. The van der Waals surface area contributed by atoms with Gasteiger partial charge in [0, 0.05) is 56.8 Å². The van der Waals surface area contributed by atoms with E-state index in [4.69, 9.17) is 0 Å². The Balaban J connectivity index is 0.803. The number of anilines is 1. The molecule has 1 unspecified atom stereocenters. The van der Waals surface area contributed by atoms with Gasteiger partial charge in [-0.3, -0.25) is 39.1 Å². The average Bonchev–Trinajstić information content (AvgIpc) is 3.46. The predicted molar refractivity (Wildman–Crippen MR) is 220 cm³/mol. The summed E-state index contributed by atoms with van der Waals surface area (Å²) < 4.78 is 0. The summed E-state index contributed by atoms with van der Waals surface area (Å²) in [5.74, 6) is -1.67. The van der Waals surface area contributed by atoms with Crippen LogP contribution >= 0.6 is 0 Å². The van der Waals surface area contributed by atoms with Crippen molar-refractivity contribution in [1.29, 1.82) is 0 Å². The fourth-order valence-corrected chi connectivity index (χ4v) is 9.65. The van der Waals surface area contributed by atoms with E-state index in [0.29, 0.717) is 31.6 Å². The summed E-state index contributed by atoms with van der Waals surface area (Å²) in [5, 5.41) is 12.3. The number of phenolic OH excluding ortho intramolecular Hbond substituents is 1. The molecular formula is C47H47N5O6. The lowest BCUT2D eigenvalue weighted by atomic mass is 9.72. The van der Waals surface area contributed by atoms with E-state index < -0.39 is 29.7 Å². The molecular weight excluding hydrogens is 731 g/mol. The first-order valence-electron chi connectivity index (χ1n) is 20.4. The predicted octanol–water partition coefficient (Wildman–Crippen LogP) is 5.65. The number of hydrogen-bond donors (Lipinski definition) is 2. The SMILES string of the molecule is CCC(=C(c1ccc(O)cc1)c1ccc(N2CCC3(CC2)CN(C(=O)CN2CCc4cc5c(cc4C2)C(=O)N(C2CCC(=O)NC2=O)C5=O)C3)cc1)c1ccccc1. The summed E-state index contributed by atoms with van der Waals surface area (Å²) >= 11 is 0. The molecule has 3 fully saturated rings. The number of carbonyl (C=O) groups is 5. The molecule has 5 heterocycles. The third-order valence-electron chi connectivity index (χ3n) is 12.9. The van der Waals surface area contributed by atoms with Gasteiger partial charge in [0.05, 0.1) is 17.7 Å². The summed E-state index contributed by atoms with van der Waals surface area (Å²) in [5.41, 5.74) is 9.62. The zero-order valence-electron chi connectivity index (χ0n) is 32.7. The van der Waals surface area contributed by atoms with Gasteiger partial charge in [-0.2, -0.15) is 0 Å². The number of aromatic hydroxyl groups is 1. The Morgan fingerprint density at radius 3 is 2.05 bits per heavy atom. The second kappa shape index (κ2) is 15.0. The van der Waals surface area contributed by atoms with Crippen molar-refractivity contribution in [2.24, 2.45) is 5.41 Å². The highest BCUT2D eigenvalue weighted by Crippen LogP contribution is 2.42. The van der Waals surface area contributed by atoms with Gasteiger partial charge in [-0.25, -0.2) is 0 Å². The van der Waals surface area contributed by atoms with E-state index in [0.717, 1.165) is 72.6 Å². The van der Waals surface area contributed by atoms with Crippen LogP contribution in [0.5, 0.6) is 5.75 Å². The molecule has 296 valence electrons. The lowest BCUT2D eigenvalue weighted by Crippen LogP contribution is -2.63. The zero-order valence-corrected chi connectivity index (χ0v) is 32.7. The van der Waals surface area contributed by atoms with E-state index in [1.165, 1.54) is 22.4 Å². The Bertz CT molecular complexity index is 2340. The minimum atomic E-state index is -0.996. The van der Waals surface area contributed by atoms with Crippen LogP contribution in [0, 0.1) is 5.41 Å². The zero-order chi connectivity index (χ0) is 40.1. The Kier molecular flexibility index (Phi) is 9.71. The molecule has 4 aromatic carbocycles. The van der Waals surface area contributed by atoms with E-state index in [-0.39, 0.29) is 35.5 Å². The molecule has 3 saturated heterocycles. The monoisotopic (exact) mass is 777 g/mol. The van der Waals surface area contributed by atoms with Crippen LogP contribution in [0.4, 0.5) is 5.69 Å². The first kappa shape index (κ1) is 37.5. The molecule has 9 rings (SSSR count).